The van der Waals surface area contributed by atoms with Crippen LogP contribution in [-0.4, -0.2) is 51.3 Å². The second-order valence-electron chi connectivity index (χ2n) is 9.09. The van der Waals surface area contributed by atoms with Crippen LogP contribution in [0, 0.1) is 5.82 Å². The van der Waals surface area contributed by atoms with Crippen molar-refractivity contribution < 1.29 is 14.3 Å². The lowest BCUT2D eigenvalue weighted by Gasteiger charge is -2.29. The normalized spacial score (nSPS) is 13.5. The molecule has 11 heteroatoms. The van der Waals surface area contributed by atoms with Gasteiger partial charge in [0.2, 0.25) is 5.91 Å². The van der Waals surface area contributed by atoms with Crippen LogP contribution in [0.5, 0.6) is 5.75 Å². The molecule has 1 fully saturated rings. The third-order valence-electron chi connectivity index (χ3n) is 6.41. The number of nitrogens with zero attached hydrogens (tertiary/aromatic N) is 4. The van der Waals surface area contributed by atoms with Crippen molar-refractivity contribution in [2.45, 2.75) is 6.92 Å². The summed E-state index contributed by atoms with van der Waals surface area (Å²) in [6.07, 6.45) is 3.23. The second kappa shape index (κ2) is 10.3. The number of nitrogens with one attached hydrogen (secondary N) is 2. The summed E-state index contributed by atoms with van der Waals surface area (Å²) in [6.45, 7) is 4.37. The zero-order chi connectivity index (χ0) is 27.0. The number of pyridine rings is 1. The van der Waals surface area contributed by atoms with Crippen molar-refractivity contribution in [1.29, 1.82) is 0 Å². The van der Waals surface area contributed by atoms with Gasteiger partial charge in [0.15, 0.2) is 0 Å². The molecule has 3 heterocycles. The minimum Gasteiger partial charge on any atom is -0.507 e. The molecule has 0 atom stereocenters. The number of anilines is 2. The topological polar surface area (TPSA) is 104 Å². The summed E-state index contributed by atoms with van der Waals surface area (Å²) in [7, 11) is 1.64. The number of phenols is 1. The Labute approximate surface area is 223 Å². The number of amides is 1. The molecule has 0 bridgehead atoms. The van der Waals surface area contributed by atoms with E-state index in [1.165, 1.54) is 28.2 Å². The third kappa shape index (κ3) is 5.00. The van der Waals surface area contributed by atoms with Crippen LogP contribution in [0.25, 0.3) is 27.9 Å². The van der Waals surface area contributed by atoms with Gasteiger partial charge >= 0.3 is 5.69 Å². The van der Waals surface area contributed by atoms with E-state index in [1.54, 1.807) is 49.8 Å². The van der Waals surface area contributed by atoms with Crippen LogP contribution in [0.4, 0.5) is 16.0 Å². The molecule has 1 amide bonds. The number of aromatic hydroxyl groups is 1. The first-order chi connectivity index (χ1) is 18.2. The van der Waals surface area contributed by atoms with E-state index in [-0.39, 0.29) is 33.5 Å². The van der Waals surface area contributed by atoms with Crippen molar-refractivity contribution in [2.75, 3.05) is 36.4 Å². The number of hydrogen-bond acceptors (Lipinski definition) is 6. The average Bonchev–Trinajstić information content (AvgIpc) is 3.22. The number of aromatic nitrogens is 3. The van der Waals surface area contributed by atoms with Crippen LogP contribution in [0.15, 0.2) is 59.7 Å². The highest BCUT2D eigenvalue weighted by Crippen LogP contribution is 2.41. The van der Waals surface area contributed by atoms with Crippen molar-refractivity contribution in [3.63, 3.8) is 0 Å². The van der Waals surface area contributed by atoms with Crippen LogP contribution >= 0.6 is 11.6 Å². The summed E-state index contributed by atoms with van der Waals surface area (Å²) in [4.78, 5) is 30.7. The fourth-order valence-electron chi connectivity index (χ4n) is 4.53. The van der Waals surface area contributed by atoms with Gasteiger partial charge in [-0.25, -0.2) is 14.2 Å². The van der Waals surface area contributed by atoms with E-state index >= 15 is 0 Å². The van der Waals surface area contributed by atoms with Crippen LogP contribution in [0.3, 0.4) is 0 Å². The zero-order valence-electron chi connectivity index (χ0n) is 20.8. The van der Waals surface area contributed by atoms with Crippen molar-refractivity contribution in [3.8, 4) is 33.7 Å². The molecule has 2 aromatic heterocycles. The van der Waals surface area contributed by atoms with E-state index < -0.39 is 5.82 Å². The number of phenolic OH excluding ortho intramolecular Hbond substituents is 1. The average molecular weight is 537 g/mol. The van der Waals surface area contributed by atoms with Crippen LogP contribution in [0.1, 0.15) is 6.92 Å². The smallest absolute Gasteiger partial charge is 0.332 e. The largest absolute Gasteiger partial charge is 0.507 e. The Bertz CT molecular complexity index is 1590. The number of hydrogen-bond donors (Lipinski definition) is 3. The van der Waals surface area contributed by atoms with Gasteiger partial charge in [-0.2, -0.15) is 0 Å². The second-order valence-corrected chi connectivity index (χ2v) is 9.50. The number of rotatable bonds is 5. The maximum Gasteiger partial charge on any atom is 0.332 e. The highest BCUT2D eigenvalue weighted by atomic mass is 35.5. The van der Waals surface area contributed by atoms with Gasteiger partial charge in [0.1, 0.15) is 23.2 Å². The fourth-order valence-corrected chi connectivity index (χ4v) is 4.80. The highest BCUT2D eigenvalue weighted by molar-refractivity contribution is 6.32. The summed E-state index contributed by atoms with van der Waals surface area (Å²) in [6, 6.07) is 10.7. The molecule has 1 aliphatic rings. The Morgan fingerprint density at radius 3 is 2.42 bits per heavy atom. The molecule has 0 saturated carbocycles. The zero-order valence-corrected chi connectivity index (χ0v) is 21.6. The molecule has 0 unspecified atom stereocenters. The molecule has 38 heavy (non-hydrogen) atoms. The van der Waals surface area contributed by atoms with Gasteiger partial charge in [-0.3, -0.25) is 9.36 Å². The quantitative estimate of drug-likeness (QED) is 0.359. The van der Waals surface area contributed by atoms with Gasteiger partial charge in [0, 0.05) is 63.7 Å². The summed E-state index contributed by atoms with van der Waals surface area (Å²) in [5.41, 5.74) is 1.64. The van der Waals surface area contributed by atoms with Crippen molar-refractivity contribution in [1.82, 2.24) is 19.4 Å². The van der Waals surface area contributed by atoms with Gasteiger partial charge in [-0.15, -0.1) is 0 Å². The number of carbonyl (C=O) groups excluding carboxylic acids is 1. The molecule has 0 aliphatic carbocycles. The Kier molecular flexibility index (Phi) is 6.92. The van der Waals surface area contributed by atoms with Gasteiger partial charge < -0.3 is 25.2 Å². The molecule has 0 radical (unpaired) electrons. The molecule has 196 valence electrons. The van der Waals surface area contributed by atoms with Crippen LogP contribution in [-0.2, 0) is 11.8 Å². The predicted molar refractivity (Wildman–Crippen MR) is 146 cm³/mol. The molecule has 4 aromatic rings. The number of imidazole rings is 1. The SMILES string of the molecule is CC(=O)Nc1cc(-c2cc(F)cc(-c3ccc(-n4ccn(C)c4=O)c(Cl)c3)c2O)cc(N2CCNCC2)n1. The summed E-state index contributed by atoms with van der Waals surface area (Å²) < 4.78 is 17.8. The predicted octanol–water partition coefficient (Wildman–Crippen LogP) is 3.77. The number of benzene rings is 2. The summed E-state index contributed by atoms with van der Waals surface area (Å²) in [5, 5.41) is 17.6. The van der Waals surface area contributed by atoms with E-state index in [0.29, 0.717) is 41.5 Å². The number of piperazine rings is 1. The van der Waals surface area contributed by atoms with E-state index in [9.17, 15) is 19.1 Å². The van der Waals surface area contributed by atoms with Crippen molar-refractivity contribution >= 4 is 29.1 Å². The molecule has 0 spiro atoms. The van der Waals surface area contributed by atoms with Crippen molar-refractivity contribution in [2.24, 2.45) is 7.05 Å². The van der Waals surface area contributed by atoms with Crippen molar-refractivity contribution in [3.05, 3.63) is 76.2 Å². The van der Waals surface area contributed by atoms with E-state index in [0.717, 1.165) is 13.1 Å². The Balaban J connectivity index is 1.60. The third-order valence-corrected chi connectivity index (χ3v) is 6.71. The highest BCUT2D eigenvalue weighted by Gasteiger charge is 2.19. The molecular weight excluding hydrogens is 511 g/mol. The maximum absolute atomic E-state index is 14.9. The first-order valence-electron chi connectivity index (χ1n) is 12.0. The fraction of sp³-hybridized carbons (Fsp3) is 0.222. The number of carbonyl (C=O) groups is 1. The number of halogens is 2. The van der Waals surface area contributed by atoms with E-state index in [4.69, 9.17) is 11.6 Å². The monoisotopic (exact) mass is 536 g/mol. The van der Waals surface area contributed by atoms with Crippen LogP contribution in [0.2, 0.25) is 5.02 Å². The standard InChI is InChI=1S/C27H26ClFN6O3/c1-16(36)31-24-12-18(13-25(32-24)34-7-5-30-6-8-34)21-15-19(29)14-20(26(21)37)17-3-4-23(22(28)11-17)35-10-9-33(2)27(35)38/h3-4,9-15,30,37H,5-8H2,1-2H3,(H,31,32,36). The lowest BCUT2D eigenvalue weighted by Crippen LogP contribution is -2.43. The maximum atomic E-state index is 14.9. The molecule has 5 rings (SSSR count). The van der Waals surface area contributed by atoms with Gasteiger partial charge in [0.05, 0.1) is 10.7 Å². The summed E-state index contributed by atoms with van der Waals surface area (Å²) >= 11 is 6.52. The minimum absolute atomic E-state index is 0.154. The minimum atomic E-state index is -0.561. The van der Waals surface area contributed by atoms with E-state index in [2.05, 4.69) is 20.5 Å². The Morgan fingerprint density at radius 2 is 1.79 bits per heavy atom. The van der Waals surface area contributed by atoms with E-state index in [1.807, 2.05) is 0 Å². The van der Waals surface area contributed by atoms with Gasteiger partial charge in [-0.1, -0.05) is 17.7 Å². The molecule has 1 aliphatic heterocycles. The Hall–Kier alpha value is -4.15. The summed E-state index contributed by atoms with van der Waals surface area (Å²) in [5.74, 6) is -0.0994. The molecule has 9 nitrogen and oxygen atoms in total. The van der Waals surface area contributed by atoms with Gasteiger partial charge in [0.25, 0.3) is 0 Å². The molecule has 1 saturated heterocycles. The number of aryl methyl sites for hydroxylation is 1. The molecule has 2 aromatic carbocycles. The molecule has 3 N–H and O–H groups in total. The Morgan fingerprint density at radius 1 is 1.08 bits per heavy atom. The molecular formula is C27H26ClFN6O3. The lowest BCUT2D eigenvalue weighted by atomic mass is 9.97. The first-order valence-corrected chi connectivity index (χ1v) is 12.4. The van der Waals surface area contributed by atoms with Crippen LogP contribution < -0.4 is 21.2 Å². The van der Waals surface area contributed by atoms with Gasteiger partial charge in [-0.05, 0) is 47.5 Å². The first kappa shape index (κ1) is 25.5. The lowest BCUT2D eigenvalue weighted by molar-refractivity contribution is -0.114.